The van der Waals surface area contributed by atoms with E-state index in [-0.39, 0.29) is 17.3 Å². The van der Waals surface area contributed by atoms with Crippen molar-refractivity contribution < 1.29 is 9.53 Å². The molecular weight excluding hydrogens is 142 g/mol. The first-order chi connectivity index (χ1) is 5.07. The van der Waals surface area contributed by atoms with Gasteiger partial charge >= 0.3 is 5.97 Å². The van der Waals surface area contributed by atoms with Crippen LogP contribution in [0.3, 0.4) is 0 Å². The van der Waals surface area contributed by atoms with Crippen molar-refractivity contribution in [3.05, 3.63) is 0 Å². The zero-order valence-corrected chi connectivity index (χ0v) is 6.55. The second-order valence-corrected chi connectivity index (χ2v) is 3.79. The van der Waals surface area contributed by atoms with E-state index in [1.165, 1.54) is 0 Å². The van der Waals surface area contributed by atoms with E-state index in [9.17, 15) is 4.79 Å². The molecule has 1 heterocycles. The molecule has 1 aliphatic carbocycles. The molecule has 0 N–H and O–H groups in total. The third-order valence-corrected chi connectivity index (χ3v) is 3.21. The molecule has 0 aromatic rings. The molecule has 0 unspecified atom stereocenters. The number of esters is 1. The average Bonchev–Trinajstić information content (AvgIpc) is 2.28. The predicted octanol–water partition coefficient (Wildman–Crippen LogP) is 0.709. The van der Waals surface area contributed by atoms with Gasteiger partial charge in [-0.05, 0) is 0 Å². The highest BCUT2D eigenvalue weighted by atomic mass is 16.5. The first-order valence-electron chi connectivity index (χ1n) is 3.66. The second-order valence-electron chi connectivity index (χ2n) is 3.79. The number of rotatable bonds is 0. The molecular formula is C8H9NO2. The molecule has 0 aromatic heterocycles. The monoisotopic (exact) mass is 151 g/mol. The molecule has 0 amide bonds. The molecule has 58 valence electrons. The number of nitriles is 1. The van der Waals surface area contributed by atoms with Gasteiger partial charge in [-0.3, -0.25) is 4.79 Å². The Labute approximate surface area is 64.9 Å². The number of ether oxygens (including phenoxy) is 1. The molecule has 2 aliphatic rings. The minimum Gasteiger partial charge on any atom is -0.464 e. The van der Waals surface area contributed by atoms with Gasteiger partial charge in [-0.15, -0.1) is 0 Å². The Morgan fingerprint density at radius 1 is 1.73 bits per heavy atom. The van der Waals surface area contributed by atoms with Crippen molar-refractivity contribution in [2.75, 3.05) is 6.61 Å². The van der Waals surface area contributed by atoms with Crippen molar-refractivity contribution in [3.8, 4) is 6.07 Å². The fourth-order valence-corrected chi connectivity index (χ4v) is 2.15. The van der Waals surface area contributed by atoms with Gasteiger partial charge in [0.1, 0.15) is 0 Å². The van der Waals surface area contributed by atoms with Crippen molar-refractivity contribution in [1.82, 2.24) is 0 Å². The molecule has 3 nitrogen and oxygen atoms in total. The molecule has 1 aliphatic heterocycles. The summed E-state index contributed by atoms with van der Waals surface area (Å²) in [6.45, 7) is 4.32. The van der Waals surface area contributed by atoms with Crippen LogP contribution in [0.25, 0.3) is 0 Å². The number of carbonyl (C=O) groups is 1. The van der Waals surface area contributed by atoms with Crippen LogP contribution in [-0.4, -0.2) is 12.6 Å². The van der Waals surface area contributed by atoms with Crippen LogP contribution in [0.4, 0.5) is 0 Å². The molecule has 1 saturated heterocycles. The summed E-state index contributed by atoms with van der Waals surface area (Å²) in [5, 5.41) is 8.82. The van der Waals surface area contributed by atoms with Gasteiger partial charge in [-0.2, -0.15) is 5.26 Å². The minimum absolute atomic E-state index is 0.132. The Bertz CT molecular complexity index is 276. The summed E-state index contributed by atoms with van der Waals surface area (Å²) >= 11 is 0. The molecule has 0 radical (unpaired) electrons. The minimum atomic E-state index is -0.799. The molecule has 11 heavy (non-hydrogen) atoms. The maximum Gasteiger partial charge on any atom is 0.327 e. The number of hydrogen-bond acceptors (Lipinski definition) is 3. The molecule has 2 atom stereocenters. The summed E-state index contributed by atoms with van der Waals surface area (Å²) < 4.78 is 4.78. The van der Waals surface area contributed by atoms with Gasteiger partial charge in [0.05, 0.1) is 12.7 Å². The lowest BCUT2D eigenvalue weighted by Crippen LogP contribution is -2.19. The molecule has 3 heteroatoms. The van der Waals surface area contributed by atoms with Crippen molar-refractivity contribution in [2.45, 2.75) is 13.8 Å². The van der Waals surface area contributed by atoms with Crippen LogP contribution in [0.5, 0.6) is 0 Å². The highest BCUT2D eigenvalue weighted by Gasteiger charge is 2.81. The van der Waals surface area contributed by atoms with E-state index in [4.69, 9.17) is 10.00 Å². The largest absolute Gasteiger partial charge is 0.464 e. The summed E-state index contributed by atoms with van der Waals surface area (Å²) in [5.41, 5.74) is -0.954. The Balaban J connectivity index is 2.46. The third kappa shape index (κ3) is 0.425. The SMILES string of the molecule is CC1(C)[C@H]2COC(=O)[C@]21C#N. The maximum absolute atomic E-state index is 11.1. The van der Waals surface area contributed by atoms with E-state index in [0.717, 1.165) is 0 Å². The summed E-state index contributed by atoms with van der Waals surface area (Å²) in [6, 6.07) is 2.08. The van der Waals surface area contributed by atoms with Crippen LogP contribution >= 0.6 is 0 Å². The van der Waals surface area contributed by atoms with Crippen LogP contribution in [-0.2, 0) is 9.53 Å². The number of hydrogen-bond donors (Lipinski definition) is 0. The van der Waals surface area contributed by atoms with Crippen LogP contribution in [0.2, 0.25) is 0 Å². The summed E-state index contributed by atoms with van der Waals surface area (Å²) in [4.78, 5) is 11.1. The van der Waals surface area contributed by atoms with Crippen molar-refractivity contribution in [2.24, 2.45) is 16.7 Å². The summed E-state index contributed by atoms with van der Waals surface area (Å²) in [6.07, 6.45) is 0. The van der Waals surface area contributed by atoms with Crippen molar-refractivity contribution in [3.63, 3.8) is 0 Å². The number of carbonyl (C=O) groups excluding carboxylic acids is 1. The van der Waals surface area contributed by atoms with Crippen LogP contribution in [0.15, 0.2) is 0 Å². The predicted molar refractivity (Wildman–Crippen MR) is 36.3 cm³/mol. The lowest BCUT2D eigenvalue weighted by atomic mass is 9.98. The fraction of sp³-hybridized carbons (Fsp3) is 0.750. The second kappa shape index (κ2) is 1.42. The maximum atomic E-state index is 11.1. The first-order valence-corrected chi connectivity index (χ1v) is 3.66. The van der Waals surface area contributed by atoms with Crippen molar-refractivity contribution >= 4 is 5.97 Å². The van der Waals surface area contributed by atoms with Crippen LogP contribution in [0.1, 0.15) is 13.8 Å². The smallest absolute Gasteiger partial charge is 0.327 e. The number of fused-ring (bicyclic) bond motifs is 1. The third-order valence-electron chi connectivity index (χ3n) is 3.21. The Morgan fingerprint density at radius 2 is 2.36 bits per heavy atom. The zero-order valence-electron chi connectivity index (χ0n) is 6.55. The van der Waals surface area contributed by atoms with E-state index in [0.29, 0.717) is 6.61 Å². The van der Waals surface area contributed by atoms with E-state index in [2.05, 4.69) is 6.07 Å². The van der Waals surface area contributed by atoms with E-state index < -0.39 is 5.41 Å². The molecule has 1 saturated carbocycles. The molecule has 0 spiro atoms. The van der Waals surface area contributed by atoms with Gasteiger partial charge in [0.2, 0.25) is 0 Å². The Hall–Kier alpha value is -1.04. The van der Waals surface area contributed by atoms with E-state index in [1.54, 1.807) is 0 Å². The molecule has 2 rings (SSSR count). The van der Waals surface area contributed by atoms with E-state index in [1.807, 2.05) is 13.8 Å². The van der Waals surface area contributed by atoms with Crippen LogP contribution in [0, 0.1) is 28.1 Å². The number of nitrogens with zero attached hydrogens (tertiary/aromatic N) is 1. The summed E-state index contributed by atoms with van der Waals surface area (Å²) in [7, 11) is 0. The quantitative estimate of drug-likeness (QED) is 0.479. The first kappa shape index (κ1) is 6.66. The topological polar surface area (TPSA) is 50.1 Å². The lowest BCUT2D eigenvalue weighted by molar-refractivity contribution is -0.145. The standard InChI is InChI=1S/C8H9NO2/c1-7(2)5-3-11-6(10)8(5,7)4-9/h5H,3H2,1-2H3/t5-,8+/m1/s1. The van der Waals surface area contributed by atoms with Gasteiger partial charge in [0.15, 0.2) is 5.41 Å². The van der Waals surface area contributed by atoms with Gasteiger partial charge in [0.25, 0.3) is 0 Å². The Kier molecular flexibility index (Phi) is 0.862. The van der Waals surface area contributed by atoms with Gasteiger partial charge in [0, 0.05) is 11.3 Å². The van der Waals surface area contributed by atoms with Gasteiger partial charge < -0.3 is 4.74 Å². The Morgan fingerprint density at radius 3 is 2.64 bits per heavy atom. The highest BCUT2D eigenvalue weighted by molar-refractivity contribution is 5.88. The average molecular weight is 151 g/mol. The van der Waals surface area contributed by atoms with Gasteiger partial charge in [-0.1, -0.05) is 13.8 Å². The number of cyclic esters (lactones) is 1. The van der Waals surface area contributed by atoms with Gasteiger partial charge in [-0.25, -0.2) is 0 Å². The normalized spacial score (nSPS) is 44.1. The van der Waals surface area contributed by atoms with Crippen LogP contribution < -0.4 is 0 Å². The van der Waals surface area contributed by atoms with E-state index >= 15 is 0 Å². The highest BCUT2D eigenvalue weighted by Crippen LogP contribution is 2.71. The zero-order chi connectivity index (χ0) is 8.28. The molecule has 0 aromatic carbocycles. The molecule has 2 fully saturated rings. The molecule has 0 bridgehead atoms. The fourth-order valence-electron chi connectivity index (χ4n) is 2.15. The summed E-state index contributed by atoms with van der Waals surface area (Å²) in [5.74, 6) is -0.192. The lowest BCUT2D eigenvalue weighted by Gasteiger charge is -2.09. The van der Waals surface area contributed by atoms with Crippen molar-refractivity contribution in [1.29, 1.82) is 5.26 Å².